The number of halogens is 2. The third-order valence-corrected chi connectivity index (χ3v) is 5.01. The number of aromatic nitrogens is 1. The molecule has 3 rings (SSSR count). The Kier molecular flexibility index (Phi) is 4.69. The third-order valence-electron chi connectivity index (χ3n) is 3.27. The van der Waals surface area contributed by atoms with Gasteiger partial charge in [-0.2, -0.15) is 0 Å². The van der Waals surface area contributed by atoms with E-state index in [0.29, 0.717) is 27.7 Å². The normalized spacial score (nSPS) is 11.6. The summed E-state index contributed by atoms with van der Waals surface area (Å²) in [6.07, 6.45) is 1.30. The second-order valence-corrected chi connectivity index (χ2v) is 7.82. The molecule has 0 atom stereocenters. The van der Waals surface area contributed by atoms with Gasteiger partial charge in [-0.25, -0.2) is 17.8 Å². The van der Waals surface area contributed by atoms with Crippen molar-refractivity contribution in [3.05, 3.63) is 76.9 Å². The molecule has 4 nitrogen and oxygen atoms in total. The lowest BCUT2D eigenvalue weighted by Crippen LogP contribution is -2.08. The first-order valence-electron chi connectivity index (χ1n) is 7.06. The molecule has 7 heteroatoms. The van der Waals surface area contributed by atoms with Crippen molar-refractivity contribution in [2.45, 2.75) is 11.5 Å². The van der Waals surface area contributed by atoms with Gasteiger partial charge < -0.3 is 4.42 Å². The van der Waals surface area contributed by atoms with Crippen LogP contribution < -0.4 is 0 Å². The van der Waals surface area contributed by atoms with Crippen molar-refractivity contribution in [1.82, 2.24) is 4.98 Å². The smallest absolute Gasteiger partial charge is 0.226 e. The quantitative estimate of drug-likeness (QED) is 0.678. The topological polar surface area (TPSA) is 60.2 Å². The summed E-state index contributed by atoms with van der Waals surface area (Å²) in [6.45, 7) is 0. The molecule has 0 aliphatic heterocycles. The van der Waals surface area contributed by atoms with Crippen molar-refractivity contribution < 1.29 is 17.2 Å². The zero-order valence-electron chi connectivity index (χ0n) is 12.4. The Balaban J connectivity index is 1.76. The van der Waals surface area contributed by atoms with Gasteiger partial charge >= 0.3 is 0 Å². The van der Waals surface area contributed by atoms with Crippen LogP contribution in [-0.2, 0) is 21.3 Å². The third kappa shape index (κ3) is 4.21. The van der Waals surface area contributed by atoms with E-state index in [4.69, 9.17) is 16.0 Å². The Morgan fingerprint density at radius 2 is 1.88 bits per heavy atom. The Bertz CT molecular complexity index is 969. The van der Waals surface area contributed by atoms with Crippen molar-refractivity contribution in [1.29, 1.82) is 0 Å². The van der Waals surface area contributed by atoms with E-state index in [2.05, 4.69) is 4.98 Å². The molecule has 1 aromatic heterocycles. The van der Waals surface area contributed by atoms with E-state index < -0.39 is 15.7 Å². The largest absolute Gasteiger partial charge is 0.444 e. The van der Waals surface area contributed by atoms with Crippen LogP contribution in [0.25, 0.3) is 11.5 Å². The number of benzene rings is 2. The second-order valence-electron chi connectivity index (χ2n) is 5.32. The van der Waals surface area contributed by atoms with Crippen molar-refractivity contribution >= 4 is 21.4 Å². The van der Waals surface area contributed by atoms with Crippen molar-refractivity contribution in [3.8, 4) is 11.5 Å². The van der Waals surface area contributed by atoms with E-state index in [1.54, 1.807) is 30.3 Å². The molecule has 0 unspecified atom stereocenters. The van der Waals surface area contributed by atoms with Crippen LogP contribution >= 0.6 is 11.6 Å². The molecule has 3 aromatic rings. The molecule has 124 valence electrons. The van der Waals surface area contributed by atoms with Gasteiger partial charge in [0.15, 0.2) is 9.84 Å². The summed E-state index contributed by atoms with van der Waals surface area (Å²) < 4.78 is 43.0. The zero-order chi connectivity index (χ0) is 17.2. The van der Waals surface area contributed by atoms with E-state index >= 15 is 0 Å². The lowest BCUT2D eigenvalue weighted by molar-refractivity contribution is 0.571. The van der Waals surface area contributed by atoms with Crippen molar-refractivity contribution in [3.63, 3.8) is 0 Å². The van der Waals surface area contributed by atoms with E-state index in [1.165, 1.54) is 24.5 Å². The molecule has 0 amide bonds. The monoisotopic (exact) mass is 365 g/mol. The fourth-order valence-electron chi connectivity index (χ4n) is 2.28. The second kappa shape index (κ2) is 6.75. The van der Waals surface area contributed by atoms with Crippen LogP contribution in [-0.4, -0.2) is 13.4 Å². The number of hydrogen-bond acceptors (Lipinski definition) is 4. The molecule has 0 N–H and O–H groups in total. The minimum Gasteiger partial charge on any atom is -0.444 e. The molecule has 2 aromatic carbocycles. The van der Waals surface area contributed by atoms with Gasteiger partial charge in [-0.05, 0) is 35.9 Å². The van der Waals surface area contributed by atoms with Gasteiger partial charge in [-0.1, -0.05) is 29.8 Å². The van der Waals surface area contributed by atoms with Crippen LogP contribution in [0.5, 0.6) is 0 Å². The molecule has 0 radical (unpaired) electrons. The fourth-order valence-corrected chi connectivity index (χ4v) is 3.85. The molecule has 0 spiro atoms. The van der Waals surface area contributed by atoms with Crippen molar-refractivity contribution in [2.75, 3.05) is 0 Å². The van der Waals surface area contributed by atoms with Gasteiger partial charge in [0.25, 0.3) is 0 Å². The number of rotatable bonds is 5. The number of sulfone groups is 1. The minimum atomic E-state index is -3.50. The summed E-state index contributed by atoms with van der Waals surface area (Å²) in [5, 5.41) is 0.533. The predicted molar refractivity (Wildman–Crippen MR) is 89.7 cm³/mol. The molecule has 0 saturated carbocycles. The van der Waals surface area contributed by atoms with Gasteiger partial charge in [-0.15, -0.1) is 0 Å². The molecule has 0 bridgehead atoms. The summed E-state index contributed by atoms with van der Waals surface area (Å²) >= 11 is 5.92. The molecule has 0 saturated heterocycles. The predicted octanol–water partition coefficient (Wildman–Crippen LogP) is 4.25. The van der Waals surface area contributed by atoms with Crippen LogP contribution in [0.2, 0.25) is 5.02 Å². The highest BCUT2D eigenvalue weighted by molar-refractivity contribution is 7.89. The van der Waals surface area contributed by atoms with Gasteiger partial charge in [0.1, 0.15) is 12.1 Å². The van der Waals surface area contributed by atoms with Gasteiger partial charge in [0, 0.05) is 10.6 Å². The van der Waals surface area contributed by atoms with Crippen LogP contribution in [0.15, 0.2) is 59.2 Å². The summed E-state index contributed by atoms with van der Waals surface area (Å²) in [4.78, 5) is 4.19. The number of hydrogen-bond donors (Lipinski definition) is 0. The summed E-state index contributed by atoms with van der Waals surface area (Å²) in [5.74, 6) is -0.710. The first-order valence-corrected chi connectivity index (χ1v) is 9.26. The zero-order valence-corrected chi connectivity index (χ0v) is 14.0. The van der Waals surface area contributed by atoms with Crippen LogP contribution in [0.3, 0.4) is 0 Å². The summed E-state index contributed by atoms with van der Waals surface area (Å²) in [7, 11) is -3.50. The maximum absolute atomic E-state index is 13.2. The van der Waals surface area contributed by atoms with E-state index in [1.807, 2.05) is 0 Å². The van der Waals surface area contributed by atoms with Crippen molar-refractivity contribution in [2.24, 2.45) is 0 Å². The lowest BCUT2D eigenvalue weighted by Gasteiger charge is -2.02. The maximum atomic E-state index is 13.2. The first kappa shape index (κ1) is 16.7. The molecular formula is C17H13ClFNO3S. The maximum Gasteiger partial charge on any atom is 0.226 e. The average molecular weight is 366 g/mol. The Morgan fingerprint density at radius 3 is 2.62 bits per heavy atom. The molecule has 0 aliphatic carbocycles. The lowest BCUT2D eigenvalue weighted by atomic mass is 10.2. The standard InChI is InChI=1S/C17H13ClFNO3S/c18-14-5-2-4-13(8-14)17-20-16(9-23-17)11-24(21,22)10-12-3-1-6-15(19)7-12/h1-9H,10-11H2. The Labute approximate surface area is 143 Å². The molecule has 24 heavy (non-hydrogen) atoms. The van der Waals surface area contributed by atoms with E-state index in [0.717, 1.165) is 0 Å². The number of nitrogens with zero attached hydrogens (tertiary/aromatic N) is 1. The van der Waals surface area contributed by atoms with Gasteiger partial charge in [-0.3, -0.25) is 0 Å². The summed E-state index contributed by atoms with van der Waals surface area (Å²) in [6, 6.07) is 12.4. The van der Waals surface area contributed by atoms with E-state index in [9.17, 15) is 12.8 Å². The minimum absolute atomic E-state index is 0.260. The fraction of sp³-hybridized carbons (Fsp3) is 0.118. The van der Waals surface area contributed by atoms with Gasteiger partial charge in [0.05, 0.1) is 17.2 Å². The highest BCUT2D eigenvalue weighted by atomic mass is 35.5. The first-order chi connectivity index (χ1) is 11.4. The highest BCUT2D eigenvalue weighted by Crippen LogP contribution is 2.23. The molecule has 0 fully saturated rings. The SMILES string of the molecule is O=S(=O)(Cc1cccc(F)c1)Cc1coc(-c2cccc(Cl)c2)n1. The van der Waals surface area contributed by atoms with Crippen LogP contribution in [0.1, 0.15) is 11.3 Å². The Morgan fingerprint density at radius 1 is 1.08 bits per heavy atom. The highest BCUT2D eigenvalue weighted by Gasteiger charge is 2.17. The van der Waals surface area contributed by atoms with Crippen LogP contribution in [0, 0.1) is 5.82 Å². The van der Waals surface area contributed by atoms with Crippen LogP contribution in [0.4, 0.5) is 4.39 Å². The Hall–Kier alpha value is -2.18. The molecule has 1 heterocycles. The molecule has 0 aliphatic rings. The summed E-state index contributed by atoms with van der Waals surface area (Å²) in [5.41, 5.74) is 1.35. The van der Waals surface area contributed by atoms with E-state index in [-0.39, 0.29) is 11.5 Å². The number of oxazole rings is 1. The van der Waals surface area contributed by atoms with Gasteiger partial charge in [0.2, 0.25) is 5.89 Å². The average Bonchev–Trinajstić information content (AvgIpc) is 2.94. The molecular weight excluding hydrogens is 353 g/mol.